The van der Waals surface area contributed by atoms with Crippen molar-refractivity contribution in [1.29, 1.82) is 0 Å². The highest BCUT2D eigenvalue weighted by Gasteiger charge is 2.51. The number of aromatic amines is 1. The van der Waals surface area contributed by atoms with Gasteiger partial charge >= 0.3 is 13.5 Å². The van der Waals surface area contributed by atoms with E-state index in [1.165, 1.54) is 31.0 Å². The molecule has 1 unspecified atom stereocenters. The van der Waals surface area contributed by atoms with Gasteiger partial charge in [0.1, 0.15) is 12.2 Å². The van der Waals surface area contributed by atoms with Gasteiger partial charge in [0.2, 0.25) is 0 Å². The summed E-state index contributed by atoms with van der Waals surface area (Å²) >= 11 is 0. The van der Waals surface area contributed by atoms with Gasteiger partial charge in [0, 0.05) is 33.1 Å². The van der Waals surface area contributed by atoms with Crippen LogP contribution in [0.3, 0.4) is 0 Å². The number of hydrogen-bond acceptors (Lipinski definition) is 8. The Kier molecular flexibility index (Phi) is 7.18. The van der Waals surface area contributed by atoms with Gasteiger partial charge in [-0.1, -0.05) is 0 Å². The molecule has 1 saturated heterocycles. The molecular formula is C16H27N2O8P. The van der Waals surface area contributed by atoms with Crippen LogP contribution in [0.1, 0.15) is 27.2 Å². The van der Waals surface area contributed by atoms with E-state index in [0.29, 0.717) is 6.42 Å². The Hall–Kier alpha value is -1.29. The number of rotatable bonds is 8. The summed E-state index contributed by atoms with van der Waals surface area (Å²) in [5.41, 5.74) is -2.20. The summed E-state index contributed by atoms with van der Waals surface area (Å²) < 4.78 is 41.3. The van der Waals surface area contributed by atoms with Crippen molar-refractivity contribution in [3.8, 4) is 0 Å². The first kappa shape index (κ1) is 22.0. The molecule has 1 N–H and O–H groups in total. The van der Waals surface area contributed by atoms with Gasteiger partial charge in [-0.25, -0.2) is 9.36 Å². The average molecular weight is 406 g/mol. The zero-order valence-electron chi connectivity index (χ0n) is 16.2. The highest BCUT2D eigenvalue weighted by Crippen LogP contribution is 2.57. The van der Waals surface area contributed by atoms with Crippen molar-refractivity contribution in [3.05, 3.63) is 33.1 Å². The van der Waals surface area contributed by atoms with Gasteiger partial charge in [0.05, 0.1) is 18.2 Å². The molecule has 0 bridgehead atoms. The number of H-pyrrole nitrogens is 1. The second kappa shape index (κ2) is 8.81. The van der Waals surface area contributed by atoms with E-state index < -0.39 is 42.9 Å². The minimum Gasteiger partial charge on any atom is -0.385 e. The van der Waals surface area contributed by atoms with Crippen LogP contribution in [-0.4, -0.2) is 55.3 Å². The monoisotopic (exact) mass is 406 g/mol. The maximum Gasteiger partial charge on any atom is 0.475 e. The molecule has 2 rings (SSSR count). The second-order valence-corrected chi connectivity index (χ2v) is 8.35. The van der Waals surface area contributed by atoms with Gasteiger partial charge in [0.25, 0.3) is 5.56 Å². The maximum atomic E-state index is 12.9. The van der Waals surface area contributed by atoms with Crippen LogP contribution < -0.4 is 11.2 Å². The summed E-state index contributed by atoms with van der Waals surface area (Å²) in [5, 5.41) is 0. The van der Waals surface area contributed by atoms with Gasteiger partial charge in [0.15, 0.2) is 0 Å². The standard InChI is InChI=1S/C16H27N2O8P/c1-11(2)25-27(21)24-10-12(23-5)14(26-27)16(3,7-9-22-4)18-8-6-13(19)17-15(18)20/h6,8,11-12,14H,7,9-10H2,1-5H3,(H,17,19,20)/t12-,14-,16+,27?/m1/s1. The molecule has 27 heavy (non-hydrogen) atoms. The van der Waals surface area contributed by atoms with E-state index in [1.54, 1.807) is 20.8 Å². The summed E-state index contributed by atoms with van der Waals surface area (Å²) in [5.74, 6) is 0. The molecule has 154 valence electrons. The quantitative estimate of drug-likeness (QED) is 0.641. The molecule has 0 aromatic carbocycles. The molecule has 10 nitrogen and oxygen atoms in total. The van der Waals surface area contributed by atoms with Gasteiger partial charge in [-0.3, -0.25) is 27.9 Å². The Labute approximate surface area is 157 Å². The Balaban J connectivity index is 2.52. The normalized spacial score (nSPS) is 28.2. The van der Waals surface area contributed by atoms with Crippen molar-refractivity contribution in [2.75, 3.05) is 27.4 Å². The van der Waals surface area contributed by atoms with Gasteiger partial charge < -0.3 is 9.47 Å². The van der Waals surface area contributed by atoms with E-state index >= 15 is 0 Å². The van der Waals surface area contributed by atoms with Crippen LogP contribution in [0.2, 0.25) is 0 Å². The Morgan fingerprint density at radius 2 is 2.11 bits per heavy atom. The summed E-state index contributed by atoms with van der Waals surface area (Å²) in [4.78, 5) is 26.2. The summed E-state index contributed by atoms with van der Waals surface area (Å²) in [6, 6.07) is 1.23. The SMILES string of the molecule is COCC[C@@](C)([C@@H]1OP(=O)(OC(C)C)OC[C@H]1OC)n1ccc(=O)[nH]c1=O. The van der Waals surface area contributed by atoms with Gasteiger partial charge in [-0.15, -0.1) is 0 Å². The number of aromatic nitrogens is 2. The van der Waals surface area contributed by atoms with Crippen molar-refractivity contribution in [1.82, 2.24) is 9.55 Å². The smallest absolute Gasteiger partial charge is 0.385 e. The van der Waals surface area contributed by atoms with Crippen LogP contribution in [-0.2, 0) is 33.1 Å². The molecule has 0 aliphatic carbocycles. The molecule has 0 radical (unpaired) electrons. The van der Waals surface area contributed by atoms with Crippen LogP contribution in [0.15, 0.2) is 21.9 Å². The molecule has 4 atom stereocenters. The largest absolute Gasteiger partial charge is 0.475 e. The van der Waals surface area contributed by atoms with Gasteiger partial charge in [-0.2, -0.15) is 0 Å². The fourth-order valence-corrected chi connectivity index (χ4v) is 4.69. The Morgan fingerprint density at radius 3 is 2.67 bits per heavy atom. The Morgan fingerprint density at radius 1 is 1.41 bits per heavy atom. The maximum absolute atomic E-state index is 12.9. The van der Waals surface area contributed by atoms with Crippen molar-refractivity contribution in [2.24, 2.45) is 0 Å². The van der Waals surface area contributed by atoms with E-state index in [-0.39, 0.29) is 13.2 Å². The number of methoxy groups -OCH3 is 2. The molecule has 0 amide bonds. The fraction of sp³-hybridized carbons (Fsp3) is 0.750. The summed E-state index contributed by atoms with van der Waals surface area (Å²) in [6.45, 7) is 5.41. The third kappa shape index (κ3) is 4.96. The van der Waals surface area contributed by atoms with Crippen LogP contribution in [0, 0.1) is 0 Å². The van der Waals surface area contributed by atoms with Crippen LogP contribution in [0.4, 0.5) is 0 Å². The lowest BCUT2D eigenvalue weighted by molar-refractivity contribution is -0.127. The molecule has 0 saturated carbocycles. The molecule has 0 spiro atoms. The zero-order chi connectivity index (χ0) is 20.2. The molecule has 11 heteroatoms. The third-order valence-electron chi connectivity index (χ3n) is 4.42. The number of phosphoric ester groups is 1. The topological polar surface area (TPSA) is 118 Å². The van der Waals surface area contributed by atoms with E-state index in [2.05, 4.69) is 4.98 Å². The van der Waals surface area contributed by atoms with E-state index in [1.807, 2.05) is 0 Å². The predicted octanol–water partition coefficient (Wildman–Crippen LogP) is 1.25. The minimum absolute atomic E-state index is 0.0359. The van der Waals surface area contributed by atoms with E-state index in [4.69, 9.17) is 23.0 Å². The zero-order valence-corrected chi connectivity index (χ0v) is 17.1. The predicted molar refractivity (Wildman–Crippen MR) is 96.9 cm³/mol. The molecular weight excluding hydrogens is 379 g/mol. The third-order valence-corrected chi connectivity index (χ3v) is 6.05. The fourth-order valence-electron chi connectivity index (χ4n) is 3.04. The highest BCUT2D eigenvalue weighted by molar-refractivity contribution is 7.48. The molecule has 1 aromatic heterocycles. The average Bonchev–Trinajstić information content (AvgIpc) is 2.58. The van der Waals surface area contributed by atoms with Crippen LogP contribution in [0.5, 0.6) is 0 Å². The number of phosphoric acid groups is 1. The number of ether oxygens (including phenoxy) is 2. The van der Waals surface area contributed by atoms with Gasteiger partial charge in [-0.05, 0) is 27.2 Å². The van der Waals surface area contributed by atoms with Crippen molar-refractivity contribution in [3.63, 3.8) is 0 Å². The van der Waals surface area contributed by atoms with Crippen molar-refractivity contribution >= 4 is 7.82 Å². The van der Waals surface area contributed by atoms with Crippen LogP contribution in [0.25, 0.3) is 0 Å². The van der Waals surface area contributed by atoms with E-state index in [9.17, 15) is 14.2 Å². The lowest BCUT2D eigenvalue weighted by Gasteiger charge is -2.45. The summed E-state index contributed by atoms with van der Waals surface area (Å²) in [7, 11) is -0.860. The molecule has 1 fully saturated rings. The first-order chi connectivity index (χ1) is 12.6. The summed E-state index contributed by atoms with van der Waals surface area (Å²) in [6.07, 6.45) is -0.183. The lowest BCUT2D eigenvalue weighted by Crippen LogP contribution is -2.57. The van der Waals surface area contributed by atoms with Crippen molar-refractivity contribution in [2.45, 2.75) is 51.0 Å². The highest BCUT2D eigenvalue weighted by atomic mass is 31.2. The molecule has 2 heterocycles. The first-order valence-corrected chi connectivity index (χ1v) is 10.1. The Bertz CT molecular complexity index is 791. The second-order valence-electron chi connectivity index (χ2n) is 6.78. The molecule has 1 aromatic rings. The van der Waals surface area contributed by atoms with Crippen molar-refractivity contribution < 1.29 is 27.6 Å². The number of nitrogens with zero attached hydrogens (tertiary/aromatic N) is 1. The number of hydrogen-bond donors (Lipinski definition) is 1. The van der Waals surface area contributed by atoms with Crippen LogP contribution >= 0.6 is 7.82 Å². The first-order valence-electron chi connectivity index (χ1n) is 8.61. The minimum atomic E-state index is -3.86. The number of nitrogens with one attached hydrogen (secondary N) is 1. The van der Waals surface area contributed by atoms with E-state index in [0.717, 1.165) is 0 Å². The molecule has 1 aliphatic heterocycles. The molecule has 1 aliphatic rings. The lowest BCUT2D eigenvalue weighted by atomic mass is 9.87.